The van der Waals surface area contributed by atoms with Crippen LogP contribution in [0.25, 0.3) is 0 Å². The van der Waals surface area contributed by atoms with Crippen molar-refractivity contribution in [1.29, 1.82) is 5.53 Å². The van der Waals surface area contributed by atoms with E-state index in [-0.39, 0.29) is 12.1 Å². The molecule has 0 aliphatic heterocycles. The average molecular weight is 142 g/mol. The second-order valence-electron chi connectivity index (χ2n) is 2.33. The van der Waals surface area contributed by atoms with Gasteiger partial charge in [0.15, 0.2) is 0 Å². The molecule has 1 unspecified atom stereocenters. The molecule has 0 rings (SSSR count). The second kappa shape index (κ2) is 3.98. The monoisotopic (exact) mass is 142 g/mol. The predicted molar refractivity (Wildman–Crippen MR) is 41.4 cm³/mol. The molecule has 0 fully saturated rings. The van der Waals surface area contributed by atoms with Crippen LogP contribution in [0.2, 0.25) is 0 Å². The summed E-state index contributed by atoms with van der Waals surface area (Å²) in [5.41, 5.74) is 6.74. The summed E-state index contributed by atoms with van der Waals surface area (Å²) in [6.07, 6.45) is 0. The van der Waals surface area contributed by atoms with Gasteiger partial charge in [-0.1, -0.05) is 0 Å². The van der Waals surface area contributed by atoms with Crippen molar-refractivity contribution >= 4 is 6.72 Å². The highest BCUT2D eigenvalue weighted by atomic mass is 15.4. The van der Waals surface area contributed by atoms with Gasteiger partial charge in [-0.15, -0.1) is 0 Å². The molecule has 1 N–H and O–H groups in total. The standard InChI is InChI=1S/C6H14N4/c1-5(9-7)6(2)10(4)8-3/h5-7H,3H2,1-2,4H3/t5-,6?/m0/s1. The van der Waals surface area contributed by atoms with Crippen LogP contribution >= 0.6 is 0 Å². The SMILES string of the molecule is C=NN(C)C(C)[C@H](C)N=N. The molecule has 0 saturated carbocycles. The van der Waals surface area contributed by atoms with Crippen molar-refractivity contribution in [3.63, 3.8) is 0 Å². The summed E-state index contributed by atoms with van der Waals surface area (Å²) < 4.78 is 0. The Kier molecular flexibility index (Phi) is 3.61. The smallest absolute Gasteiger partial charge is 0.0894 e. The van der Waals surface area contributed by atoms with Gasteiger partial charge in [0.2, 0.25) is 0 Å². The summed E-state index contributed by atoms with van der Waals surface area (Å²) in [6, 6.07) is 0.130. The van der Waals surface area contributed by atoms with Crippen LogP contribution in [0.3, 0.4) is 0 Å². The maximum absolute atomic E-state index is 6.74. The molecule has 0 amide bonds. The second-order valence-corrected chi connectivity index (χ2v) is 2.33. The van der Waals surface area contributed by atoms with Gasteiger partial charge >= 0.3 is 0 Å². The third-order valence-corrected chi connectivity index (χ3v) is 1.71. The van der Waals surface area contributed by atoms with Crippen molar-refractivity contribution in [3.8, 4) is 0 Å². The Balaban J connectivity index is 3.91. The molecule has 0 aliphatic carbocycles. The first kappa shape index (κ1) is 9.07. The van der Waals surface area contributed by atoms with Gasteiger partial charge in [0, 0.05) is 13.8 Å². The van der Waals surface area contributed by atoms with Crippen molar-refractivity contribution < 1.29 is 0 Å². The number of rotatable bonds is 4. The van der Waals surface area contributed by atoms with Crippen LogP contribution in [0, 0.1) is 5.53 Å². The van der Waals surface area contributed by atoms with Crippen LogP contribution in [0.1, 0.15) is 13.8 Å². The van der Waals surface area contributed by atoms with E-state index in [1.807, 2.05) is 20.9 Å². The number of likely N-dealkylation sites (N-methyl/N-ethyl adjacent to an activating group) is 1. The van der Waals surface area contributed by atoms with Gasteiger partial charge in [-0.3, -0.25) is 5.01 Å². The lowest BCUT2D eigenvalue weighted by atomic mass is 10.2. The summed E-state index contributed by atoms with van der Waals surface area (Å²) in [4.78, 5) is 0. The topological polar surface area (TPSA) is 51.8 Å². The van der Waals surface area contributed by atoms with Gasteiger partial charge in [0.05, 0.1) is 12.1 Å². The zero-order valence-corrected chi connectivity index (χ0v) is 6.70. The Morgan fingerprint density at radius 1 is 1.50 bits per heavy atom. The van der Waals surface area contributed by atoms with Gasteiger partial charge in [0.1, 0.15) is 0 Å². The van der Waals surface area contributed by atoms with Crippen molar-refractivity contribution in [3.05, 3.63) is 0 Å². The lowest BCUT2D eigenvalue weighted by molar-refractivity contribution is 0.241. The van der Waals surface area contributed by atoms with E-state index in [2.05, 4.69) is 16.9 Å². The minimum absolute atomic E-state index is 0.0181. The fourth-order valence-electron chi connectivity index (χ4n) is 0.549. The van der Waals surface area contributed by atoms with E-state index in [0.29, 0.717) is 0 Å². The quantitative estimate of drug-likeness (QED) is 0.359. The van der Waals surface area contributed by atoms with E-state index in [0.717, 1.165) is 0 Å². The molecular weight excluding hydrogens is 128 g/mol. The fraction of sp³-hybridized carbons (Fsp3) is 0.833. The molecule has 4 nitrogen and oxygen atoms in total. The molecule has 0 aliphatic rings. The molecule has 0 spiro atoms. The molecule has 0 aromatic rings. The molecule has 0 heterocycles. The Labute approximate surface area is 61.4 Å². The van der Waals surface area contributed by atoms with Gasteiger partial charge in [-0.25, -0.2) is 5.53 Å². The molecule has 4 heteroatoms. The average Bonchev–Trinajstić information content (AvgIpc) is 2.00. The van der Waals surface area contributed by atoms with E-state index in [1.165, 1.54) is 0 Å². The minimum atomic E-state index is -0.0181. The minimum Gasteiger partial charge on any atom is -0.296 e. The van der Waals surface area contributed by atoms with E-state index in [9.17, 15) is 0 Å². The molecular formula is C6H14N4. The first-order chi connectivity index (χ1) is 4.63. The maximum Gasteiger partial charge on any atom is 0.0894 e. The molecule has 10 heavy (non-hydrogen) atoms. The van der Waals surface area contributed by atoms with Crippen molar-refractivity contribution in [1.82, 2.24) is 5.01 Å². The number of hydrogen-bond acceptors (Lipinski definition) is 4. The summed E-state index contributed by atoms with van der Waals surface area (Å²) in [5, 5.41) is 8.77. The number of hydrogen-bond donors (Lipinski definition) is 1. The van der Waals surface area contributed by atoms with E-state index in [1.54, 1.807) is 5.01 Å². The molecule has 0 radical (unpaired) electrons. The Bertz CT molecular complexity index is 109. The summed E-state index contributed by atoms with van der Waals surface area (Å²) in [6.45, 7) is 7.20. The number of nitrogens with one attached hydrogen (secondary N) is 1. The van der Waals surface area contributed by atoms with Crippen LogP contribution in [0.4, 0.5) is 0 Å². The summed E-state index contributed by atoms with van der Waals surface area (Å²) in [7, 11) is 1.82. The molecule has 0 saturated heterocycles. The third kappa shape index (κ3) is 2.13. The highest BCUT2D eigenvalue weighted by Gasteiger charge is 2.13. The number of hydrazone groups is 1. The molecule has 0 aromatic heterocycles. The Hall–Kier alpha value is -0.930. The van der Waals surface area contributed by atoms with Crippen LogP contribution in [0.15, 0.2) is 10.2 Å². The predicted octanol–water partition coefficient (Wildman–Crippen LogP) is 1.34. The maximum atomic E-state index is 6.74. The zero-order chi connectivity index (χ0) is 8.15. The lowest BCUT2D eigenvalue weighted by Gasteiger charge is -2.23. The van der Waals surface area contributed by atoms with Crippen LogP contribution in [-0.2, 0) is 0 Å². The molecule has 2 atom stereocenters. The van der Waals surface area contributed by atoms with Crippen molar-refractivity contribution in [2.45, 2.75) is 25.9 Å². The first-order valence-electron chi connectivity index (χ1n) is 3.19. The largest absolute Gasteiger partial charge is 0.296 e. The first-order valence-corrected chi connectivity index (χ1v) is 3.19. The highest BCUT2D eigenvalue weighted by Crippen LogP contribution is 2.04. The van der Waals surface area contributed by atoms with E-state index in [4.69, 9.17) is 5.53 Å². The van der Waals surface area contributed by atoms with Crippen LogP contribution in [-0.4, -0.2) is 30.9 Å². The number of nitrogens with zero attached hydrogens (tertiary/aromatic N) is 3. The lowest BCUT2D eigenvalue weighted by Crippen LogP contribution is -2.32. The van der Waals surface area contributed by atoms with Gasteiger partial charge in [0.25, 0.3) is 0 Å². The molecule has 0 aromatic carbocycles. The molecule has 0 bridgehead atoms. The highest BCUT2D eigenvalue weighted by molar-refractivity contribution is 5.22. The zero-order valence-electron chi connectivity index (χ0n) is 6.70. The van der Waals surface area contributed by atoms with Crippen molar-refractivity contribution in [2.24, 2.45) is 10.2 Å². The van der Waals surface area contributed by atoms with Crippen LogP contribution < -0.4 is 0 Å². The summed E-state index contributed by atoms with van der Waals surface area (Å²) >= 11 is 0. The van der Waals surface area contributed by atoms with Gasteiger partial charge in [-0.05, 0) is 13.8 Å². The van der Waals surface area contributed by atoms with Gasteiger partial charge < -0.3 is 0 Å². The fourth-order valence-corrected chi connectivity index (χ4v) is 0.549. The van der Waals surface area contributed by atoms with E-state index >= 15 is 0 Å². The van der Waals surface area contributed by atoms with E-state index < -0.39 is 0 Å². The summed E-state index contributed by atoms with van der Waals surface area (Å²) in [5.74, 6) is 0. The van der Waals surface area contributed by atoms with Gasteiger partial charge in [-0.2, -0.15) is 10.2 Å². The van der Waals surface area contributed by atoms with Crippen LogP contribution in [0.5, 0.6) is 0 Å². The molecule has 58 valence electrons. The van der Waals surface area contributed by atoms with Crippen molar-refractivity contribution in [2.75, 3.05) is 7.05 Å². The normalized spacial score (nSPS) is 15.5. The Morgan fingerprint density at radius 3 is 2.30 bits per heavy atom. The Morgan fingerprint density at radius 2 is 2.00 bits per heavy atom. The third-order valence-electron chi connectivity index (χ3n) is 1.71.